The van der Waals surface area contributed by atoms with Gasteiger partial charge in [0.2, 0.25) is 5.91 Å². The predicted octanol–water partition coefficient (Wildman–Crippen LogP) is 2.36. The number of rotatable bonds is 6. The molecule has 116 valence electrons. The number of methoxy groups -OCH3 is 1. The van der Waals surface area contributed by atoms with Crippen LogP contribution >= 0.6 is 11.6 Å². The van der Waals surface area contributed by atoms with Crippen LogP contribution in [0.3, 0.4) is 0 Å². The number of carbonyl (C=O) groups is 2. The second-order valence-electron chi connectivity index (χ2n) is 4.74. The Kier molecular flexibility index (Phi) is 5.99. The average molecular weight is 315 g/mol. The van der Waals surface area contributed by atoms with Crippen molar-refractivity contribution in [3.8, 4) is 5.75 Å². The lowest BCUT2D eigenvalue weighted by Gasteiger charge is -2.18. The first-order valence-corrected chi connectivity index (χ1v) is 6.86. The van der Waals surface area contributed by atoms with Gasteiger partial charge in [0.15, 0.2) is 0 Å². The molecule has 0 aliphatic heterocycles. The Labute approximate surface area is 128 Å². The minimum Gasteiger partial charge on any atom is -0.496 e. The molecule has 0 heterocycles. The zero-order chi connectivity index (χ0) is 16.2. The molecule has 0 spiro atoms. The number of carbonyl (C=O) groups excluding carboxylic acids is 1. The largest absolute Gasteiger partial charge is 0.496 e. The molecule has 0 saturated carbocycles. The molecule has 1 aromatic rings. The molecule has 0 bridgehead atoms. The summed E-state index contributed by atoms with van der Waals surface area (Å²) in [5, 5.41) is 11.7. The van der Waals surface area contributed by atoms with Crippen LogP contribution in [0, 0.1) is 5.92 Å². The molecule has 7 heteroatoms. The van der Waals surface area contributed by atoms with Gasteiger partial charge in [0.25, 0.3) is 0 Å². The van der Waals surface area contributed by atoms with Gasteiger partial charge in [0.05, 0.1) is 23.9 Å². The minimum absolute atomic E-state index is 0.0176. The summed E-state index contributed by atoms with van der Waals surface area (Å²) >= 11 is 5.99. The molecule has 1 rings (SSSR count). The number of amides is 1. The molecular weight excluding hydrogens is 296 g/mol. The van der Waals surface area contributed by atoms with Gasteiger partial charge in [-0.1, -0.05) is 31.9 Å². The van der Waals surface area contributed by atoms with E-state index in [-0.39, 0.29) is 33.8 Å². The van der Waals surface area contributed by atoms with Gasteiger partial charge in [0.1, 0.15) is 11.3 Å². The van der Waals surface area contributed by atoms with E-state index in [1.165, 1.54) is 19.2 Å². The highest BCUT2D eigenvalue weighted by Crippen LogP contribution is 2.31. The second kappa shape index (κ2) is 7.28. The van der Waals surface area contributed by atoms with Gasteiger partial charge in [0, 0.05) is 6.07 Å². The van der Waals surface area contributed by atoms with Crippen LogP contribution in [0.25, 0.3) is 0 Å². The first-order chi connectivity index (χ1) is 9.81. The molecule has 0 aliphatic carbocycles. The van der Waals surface area contributed by atoms with E-state index in [1.807, 2.05) is 13.8 Å². The summed E-state index contributed by atoms with van der Waals surface area (Å²) < 4.78 is 4.99. The first-order valence-electron chi connectivity index (χ1n) is 6.49. The fourth-order valence-electron chi connectivity index (χ4n) is 1.71. The molecule has 2 unspecified atom stereocenters. The predicted molar refractivity (Wildman–Crippen MR) is 81.0 cm³/mol. The van der Waals surface area contributed by atoms with Crippen molar-refractivity contribution < 1.29 is 19.4 Å². The lowest BCUT2D eigenvalue weighted by molar-refractivity contribution is -0.118. The third-order valence-corrected chi connectivity index (χ3v) is 3.65. The number of anilines is 1. The van der Waals surface area contributed by atoms with Crippen molar-refractivity contribution in [2.45, 2.75) is 26.3 Å². The number of nitrogens with one attached hydrogen (secondary N) is 1. The Bertz CT molecular complexity index is 548. The van der Waals surface area contributed by atoms with Gasteiger partial charge in [-0.2, -0.15) is 0 Å². The summed E-state index contributed by atoms with van der Waals surface area (Å²) in [5.74, 6) is -1.41. The highest BCUT2D eigenvalue weighted by molar-refractivity contribution is 6.34. The number of nitrogens with two attached hydrogens (primary N) is 1. The molecule has 6 nitrogen and oxygen atoms in total. The van der Waals surface area contributed by atoms with Crippen molar-refractivity contribution >= 4 is 29.2 Å². The van der Waals surface area contributed by atoms with E-state index in [1.54, 1.807) is 0 Å². The molecule has 1 aromatic carbocycles. The number of hydrogen-bond donors (Lipinski definition) is 3. The topological polar surface area (TPSA) is 102 Å². The van der Waals surface area contributed by atoms with Crippen LogP contribution in [0.2, 0.25) is 5.02 Å². The fourth-order valence-corrected chi connectivity index (χ4v) is 1.92. The van der Waals surface area contributed by atoms with Gasteiger partial charge in [-0.3, -0.25) is 4.79 Å². The normalized spacial score (nSPS) is 13.4. The molecule has 21 heavy (non-hydrogen) atoms. The van der Waals surface area contributed by atoms with Crippen LogP contribution in [0.15, 0.2) is 12.1 Å². The van der Waals surface area contributed by atoms with Crippen molar-refractivity contribution in [2.24, 2.45) is 11.7 Å². The maximum absolute atomic E-state index is 12.0. The van der Waals surface area contributed by atoms with Gasteiger partial charge in [-0.15, -0.1) is 0 Å². The summed E-state index contributed by atoms with van der Waals surface area (Å²) in [6.45, 7) is 3.81. The number of aromatic carboxylic acids is 1. The van der Waals surface area contributed by atoms with Crippen molar-refractivity contribution in [1.82, 2.24) is 0 Å². The maximum Gasteiger partial charge on any atom is 0.339 e. The van der Waals surface area contributed by atoms with E-state index in [0.29, 0.717) is 0 Å². The van der Waals surface area contributed by atoms with Crippen molar-refractivity contribution in [2.75, 3.05) is 12.4 Å². The highest BCUT2D eigenvalue weighted by atomic mass is 35.5. The third kappa shape index (κ3) is 4.09. The molecule has 0 fully saturated rings. The number of carboxylic acid groups (broad SMARTS) is 1. The first kappa shape index (κ1) is 17.3. The molecular formula is C14H19ClN2O4. The number of carboxylic acids is 1. The third-order valence-electron chi connectivity index (χ3n) is 3.34. The van der Waals surface area contributed by atoms with E-state index in [2.05, 4.69) is 5.32 Å². The van der Waals surface area contributed by atoms with Gasteiger partial charge >= 0.3 is 5.97 Å². The van der Waals surface area contributed by atoms with Crippen molar-refractivity contribution in [3.05, 3.63) is 22.7 Å². The summed E-state index contributed by atoms with van der Waals surface area (Å²) in [7, 11) is 1.34. The Morgan fingerprint density at radius 3 is 2.57 bits per heavy atom. The Morgan fingerprint density at radius 1 is 1.48 bits per heavy atom. The van der Waals surface area contributed by atoms with Crippen LogP contribution < -0.4 is 15.8 Å². The molecule has 4 N–H and O–H groups in total. The van der Waals surface area contributed by atoms with Crippen molar-refractivity contribution in [3.63, 3.8) is 0 Å². The van der Waals surface area contributed by atoms with E-state index in [4.69, 9.17) is 27.2 Å². The number of benzene rings is 1. The van der Waals surface area contributed by atoms with Gasteiger partial charge < -0.3 is 20.9 Å². The van der Waals surface area contributed by atoms with Crippen LogP contribution in [0.4, 0.5) is 5.69 Å². The summed E-state index contributed by atoms with van der Waals surface area (Å²) in [6, 6.07) is 1.93. The Hall–Kier alpha value is -1.79. The fraction of sp³-hybridized carbons (Fsp3) is 0.429. The quantitative estimate of drug-likeness (QED) is 0.748. The number of ether oxygens (including phenoxy) is 1. The second-order valence-corrected chi connectivity index (χ2v) is 5.15. The minimum atomic E-state index is -1.16. The molecule has 1 amide bonds. The SMILES string of the molecule is CCC(C)C(N)C(=O)Nc1cc(OC)c(C(=O)O)cc1Cl. The van der Waals surface area contributed by atoms with Crippen LogP contribution in [0.1, 0.15) is 30.6 Å². The summed E-state index contributed by atoms with van der Waals surface area (Å²) in [6.07, 6.45) is 0.767. The summed E-state index contributed by atoms with van der Waals surface area (Å²) in [4.78, 5) is 23.1. The Balaban J connectivity index is 3.04. The lowest BCUT2D eigenvalue weighted by atomic mass is 9.99. The van der Waals surface area contributed by atoms with Gasteiger partial charge in [-0.25, -0.2) is 4.79 Å². The van der Waals surface area contributed by atoms with Crippen LogP contribution in [-0.2, 0) is 4.79 Å². The Morgan fingerprint density at radius 2 is 2.10 bits per heavy atom. The van der Waals surface area contributed by atoms with E-state index in [0.717, 1.165) is 6.42 Å². The van der Waals surface area contributed by atoms with E-state index < -0.39 is 12.0 Å². The zero-order valence-corrected chi connectivity index (χ0v) is 12.9. The van der Waals surface area contributed by atoms with Crippen LogP contribution in [0.5, 0.6) is 5.75 Å². The van der Waals surface area contributed by atoms with Crippen molar-refractivity contribution in [1.29, 1.82) is 0 Å². The average Bonchev–Trinajstić information content (AvgIpc) is 2.46. The summed E-state index contributed by atoms with van der Waals surface area (Å²) in [5.41, 5.74) is 6.03. The molecule has 0 aromatic heterocycles. The molecule has 0 radical (unpaired) electrons. The van der Waals surface area contributed by atoms with E-state index in [9.17, 15) is 9.59 Å². The maximum atomic E-state index is 12.0. The zero-order valence-electron chi connectivity index (χ0n) is 12.1. The number of halogens is 1. The van der Waals surface area contributed by atoms with Crippen LogP contribution in [-0.4, -0.2) is 30.1 Å². The van der Waals surface area contributed by atoms with Gasteiger partial charge in [-0.05, 0) is 12.0 Å². The highest BCUT2D eigenvalue weighted by Gasteiger charge is 2.22. The molecule has 2 atom stereocenters. The van der Waals surface area contributed by atoms with E-state index >= 15 is 0 Å². The molecule has 0 saturated heterocycles. The molecule has 0 aliphatic rings. The lowest BCUT2D eigenvalue weighted by Crippen LogP contribution is -2.40. The standard InChI is InChI=1S/C14H19ClN2O4/c1-4-7(2)12(16)13(18)17-10-6-11(21-3)8(14(19)20)5-9(10)15/h5-7,12H,4,16H2,1-3H3,(H,17,18)(H,19,20). The number of hydrogen-bond acceptors (Lipinski definition) is 4. The monoisotopic (exact) mass is 314 g/mol. The smallest absolute Gasteiger partial charge is 0.339 e.